The number of fused-ring (bicyclic) bond motifs is 1. The predicted octanol–water partition coefficient (Wildman–Crippen LogP) is 2.26. The van der Waals surface area contributed by atoms with Gasteiger partial charge in [0.1, 0.15) is 0 Å². The number of benzene rings is 1. The quantitative estimate of drug-likeness (QED) is 0.448. The first-order chi connectivity index (χ1) is 7.22. The molecule has 0 spiro atoms. The van der Waals surface area contributed by atoms with Crippen LogP contribution < -0.4 is 11.3 Å². The van der Waals surface area contributed by atoms with Gasteiger partial charge in [0.05, 0.1) is 6.04 Å². The molecule has 0 heterocycles. The third-order valence-electron chi connectivity index (χ3n) is 3.12. The van der Waals surface area contributed by atoms with Crippen molar-refractivity contribution in [2.45, 2.75) is 32.2 Å². The Morgan fingerprint density at radius 3 is 2.80 bits per heavy atom. The average Bonchev–Trinajstić information content (AvgIpc) is 2.65. The van der Waals surface area contributed by atoms with Crippen molar-refractivity contribution in [1.29, 1.82) is 0 Å². The largest absolute Gasteiger partial charge is 0.271 e. The standard InChI is InChI=1S/C13H18N2/c1-9(2)13(15-14)12-7-6-10-4-3-5-11(10)8-12/h6-8,13,15H,1,3-5,14H2,2H3. The Morgan fingerprint density at radius 2 is 2.13 bits per heavy atom. The summed E-state index contributed by atoms with van der Waals surface area (Å²) in [5.74, 6) is 5.54. The van der Waals surface area contributed by atoms with E-state index in [0.29, 0.717) is 0 Å². The van der Waals surface area contributed by atoms with Gasteiger partial charge in [0.2, 0.25) is 0 Å². The van der Waals surface area contributed by atoms with Gasteiger partial charge in [-0.15, -0.1) is 0 Å². The first-order valence-corrected chi connectivity index (χ1v) is 5.45. The zero-order valence-electron chi connectivity index (χ0n) is 9.22. The lowest BCUT2D eigenvalue weighted by atomic mass is 9.98. The number of rotatable bonds is 3. The number of nitrogens with two attached hydrogens (primary N) is 1. The first-order valence-electron chi connectivity index (χ1n) is 5.45. The van der Waals surface area contributed by atoms with E-state index in [1.807, 2.05) is 6.92 Å². The number of nitrogens with one attached hydrogen (secondary N) is 1. The van der Waals surface area contributed by atoms with Crippen LogP contribution in [0.25, 0.3) is 0 Å². The van der Waals surface area contributed by atoms with Gasteiger partial charge < -0.3 is 0 Å². The van der Waals surface area contributed by atoms with Crippen molar-refractivity contribution in [2.75, 3.05) is 0 Å². The highest BCUT2D eigenvalue weighted by atomic mass is 15.2. The molecule has 2 heteroatoms. The molecule has 1 unspecified atom stereocenters. The van der Waals surface area contributed by atoms with Crippen LogP contribution in [-0.4, -0.2) is 0 Å². The van der Waals surface area contributed by atoms with Crippen LogP contribution in [0.15, 0.2) is 30.4 Å². The molecular weight excluding hydrogens is 184 g/mol. The fraction of sp³-hybridized carbons (Fsp3) is 0.385. The lowest BCUT2D eigenvalue weighted by Gasteiger charge is -2.17. The Morgan fingerprint density at radius 1 is 1.40 bits per heavy atom. The molecule has 1 aliphatic rings. The van der Waals surface area contributed by atoms with Crippen molar-refractivity contribution in [2.24, 2.45) is 5.84 Å². The molecule has 2 nitrogen and oxygen atoms in total. The van der Waals surface area contributed by atoms with E-state index >= 15 is 0 Å². The second-order valence-corrected chi connectivity index (χ2v) is 4.33. The summed E-state index contributed by atoms with van der Waals surface area (Å²) in [6.07, 6.45) is 3.71. The highest BCUT2D eigenvalue weighted by molar-refractivity contribution is 5.38. The van der Waals surface area contributed by atoms with Gasteiger partial charge in [-0.05, 0) is 42.9 Å². The highest BCUT2D eigenvalue weighted by Gasteiger charge is 2.15. The summed E-state index contributed by atoms with van der Waals surface area (Å²) in [6.45, 7) is 5.95. The van der Waals surface area contributed by atoms with Crippen LogP contribution >= 0.6 is 0 Å². The molecule has 15 heavy (non-hydrogen) atoms. The molecule has 0 bridgehead atoms. The topological polar surface area (TPSA) is 38.0 Å². The normalized spacial score (nSPS) is 16.1. The van der Waals surface area contributed by atoms with Gasteiger partial charge >= 0.3 is 0 Å². The summed E-state index contributed by atoms with van der Waals surface area (Å²) in [5, 5.41) is 0. The number of hydrazine groups is 1. The monoisotopic (exact) mass is 202 g/mol. The SMILES string of the molecule is C=C(C)C(NN)c1ccc2c(c1)CCC2. The highest BCUT2D eigenvalue weighted by Crippen LogP contribution is 2.27. The van der Waals surface area contributed by atoms with Crippen molar-refractivity contribution >= 4 is 0 Å². The third-order valence-corrected chi connectivity index (χ3v) is 3.12. The molecule has 0 saturated carbocycles. The maximum Gasteiger partial charge on any atom is 0.0664 e. The maximum absolute atomic E-state index is 5.54. The van der Waals surface area contributed by atoms with E-state index in [-0.39, 0.29) is 6.04 Å². The summed E-state index contributed by atoms with van der Waals surface area (Å²) >= 11 is 0. The van der Waals surface area contributed by atoms with Crippen LogP contribution in [0, 0.1) is 0 Å². The third kappa shape index (κ3) is 1.96. The average molecular weight is 202 g/mol. The zero-order valence-corrected chi connectivity index (χ0v) is 9.22. The molecule has 0 amide bonds. The van der Waals surface area contributed by atoms with E-state index in [2.05, 4.69) is 30.2 Å². The molecule has 0 aromatic heterocycles. The summed E-state index contributed by atoms with van der Waals surface area (Å²) in [4.78, 5) is 0. The van der Waals surface area contributed by atoms with Gasteiger partial charge in [0.25, 0.3) is 0 Å². The van der Waals surface area contributed by atoms with Crippen molar-refractivity contribution in [1.82, 2.24) is 5.43 Å². The fourth-order valence-electron chi connectivity index (χ4n) is 2.29. The second kappa shape index (κ2) is 4.17. The summed E-state index contributed by atoms with van der Waals surface area (Å²) < 4.78 is 0. The first kappa shape index (κ1) is 10.4. The molecule has 1 atom stereocenters. The fourth-order valence-corrected chi connectivity index (χ4v) is 2.29. The van der Waals surface area contributed by atoms with Gasteiger partial charge in [-0.3, -0.25) is 5.84 Å². The van der Waals surface area contributed by atoms with Crippen LogP contribution in [0.3, 0.4) is 0 Å². The lowest BCUT2D eigenvalue weighted by Crippen LogP contribution is -2.28. The Hall–Kier alpha value is -1.12. The van der Waals surface area contributed by atoms with Crippen LogP contribution in [0.4, 0.5) is 0 Å². The number of hydrogen-bond donors (Lipinski definition) is 2. The Kier molecular flexibility index (Phi) is 2.89. The van der Waals surface area contributed by atoms with Crippen molar-refractivity contribution in [3.05, 3.63) is 47.0 Å². The van der Waals surface area contributed by atoms with Gasteiger partial charge in [-0.25, -0.2) is 5.43 Å². The van der Waals surface area contributed by atoms with Crippen LogP contribution in [0.1, 0.15) is 36.1 Å². The lowest BCUT2D eigenvalue weighted by molar-refractivity contribution is 0.626. The molecule has 0 radical (unpaired) electrons. The zero-order chi connectivity index (χ0) is 10.8. The molecule has 1 aromatic carbocycles. The maximum atomic E-state index is 5.54. The Labute approximate surface area is 91.2 Å². The van der Waals surface area contributed by atoms with E-state index in [1.165, 1.54) is 36.0 Å². The smallest absolute Gasteiger partial charge is 0.0664 e. The van der Waals surface area contributed by atoms with Crippen molar-refractivity contribution in [3.8, 4) is 0 Å². The Balaban J connectivity index is 2.32. The second-order valence-electron chi connectivity index (χ2n) is 4.33. The minimum absolute atomic E-state index is 0.0795. The van der Waals surface area contributed by atoms with Crippen LogP contribution in [0.2, 0.25) is 0 Å². The molecule has 0 aliphatic heterocycles. The molecule has 80 valence electrons. The van der Waals surface area contributed by atoms with Crippen LogP contribution in [-0.2, 0) is 12.8 Å². The van der Waals surface area contributed by atoms with Gasteiger partial charge in [0, 0.05) is 0 Å². The van der Waals surface area contributed by atoms with Crippen LogP contribution in [0.5, 0.6) is 0 Å². The number of hydrogen-bond acceptors (Lipinski definition) is 2. The molecule has 1 aromatic rings. The summed E-state index contributed by atoms with van der Waals surface area (Å²) in [7, 11) is 0. The molecule has 3 N–H and O–H groups in total. The van der Waals surface area contributed by atoms with Crippen molar-refractivity contribution < 1.29 is 0 Å². The summed E-state index contributed by atoms with van der Waals surface area (Å²) in [6, 6.07) is 6.73. The van der Waals surface area contributed by atoms with Crippen molar-refractivity contribution in [3.63, 3.8) is 0 Å². The van der Waals surface area contributed by atoms with Gasteiger partial charge in [-0.1, -0.05) is 30.4 Å². The summed E-state index contributed by atoms with van der Waals surface area (Å²) in [5.41, 5.74) is 8.07. The van der Waals surface area contributed by atoms with E-state index in [0.717, 1.165) is 5.57 Å². The number of aryl methyl sites for hydroxylation is 2. The van der Waals surface area contributed by atoms with Gasteiger partial charge in [0.15, 0.2) is 0 Å². The molecule has 2 rings (SSSR count). The van der Waals surface area contributed by atoms with E-state index < -0.39 is 0 Å². The minimum atomic E-state index is 0.0795. The van der Waals surface area contributed by atoms with E-state index in [9.17, 15) is 0 Å². The Bertz CT molecular complexity index is 382. The van der Waals surface area contributed by atoms with Gasteiger partial charge in [-0.2, -0.15) is 0 Å². The molecular formula is C13H18N2. The van der Waals surface area contributed by atoms with E-state index in [1.54, 1.807) is 0 Å². The molecule has 0 fully saturated rings. The molecule has 1 aliphatic carbocycles. The minimum Gasteiger partial charge on any atom is -0.271 e. The predicted molar refractivity (Wildman–Crippen MR) is 63.3 cm³/mol. The molecule has 0 saturated heterocycles. The van der Waals surface area contributed by atoms with E-state index in [4.69, 9.17) is 5.84 Å².